The number of hydrogen-bond acceptors (Lipinski definition) is 1. The van der Waals surface area contributed by atoms with E-state index < -0.39 is 0 Å². The van der Waals surface area contributed by atoms with Crippen LogP contribution in [0, 0.1) is 5.92 Å². The van der Waals surface area contributed by atoms with Crippen molar-refractivity contribution >= 4 is 0 Å². The molecule has 0 heterocycles. The molecule has 0 fully saturated rings. The Morgan fingerprint density at radius 3 is 1.44 bits per heavy atom. The minimum Gasteiger partial charge on any atom is -0.507 e. The molecule has 0 radical (unpaired) electrons. The van der Waals surface area contributed by atoms with Crippen molar-refractivity contribution in [2.45, 2.75) is 46.0 Å². The van der Waals surface area contributed by atoms with Crippen molar-refractivity contribution in [3.63, 3.8) is 0 Å². The van der Waals surface area contributed by atoms with Gasteiger partial charge in [0.05, 0.1) is 0 Å². The van der Waals surface area contributed by atoms with Gasteiger partial charge in [0.2, 0.25) is 0 Å². The minimum atomic E-state index is 0.153. The molecule has 0 aliphatic rings. The van der Waals surface area contributed by atoms with Crippen molar-refractivity contribution in [3.05, 3.63) is 101 Å². The van der Waals surface area contributed by atoms with Crippen LogP contribution in [-0.4, -0.2) is 5.11 Å². The Morgan fingerprint density at radius 1 is 0.667 bits per heavy atom. The van der Waals surface area contributed by atoms with Gasteiger partial charge in [0.1, 0.15) is 5.75 Å². The molecule has 2 unspecified atom stereocenters. The molecule has 0 spiro atoms. The molecule has 0 aliphatic carbocycles. The quantitative estimate of drug-likeness (QED) is 0.508. The highest BCUT2D eigenvalue weighted by atomic mass is 16.3. The van der Waals surface area contributed by atoms with E-state index in [1.807, 2.05) is 12.1 Å². The number of hydrogen-bond donors (Lipinski definition) is 1. The lowest BCUT2D eigenvalue weighted by Crippen LogP contribution is -2.05. The number of phenols is 1. The van der Waals surface area contributed by atoms with Crippen LogP contribution in [0.2, 0.25) is 0 Å². The van der Waals surface area contributed by atoms with E-state index in [-0.39, 0.29) is 11.8 Å². The van der Waals surface area contributed by atoms with E-state index in [2.05, 4.69) is 88.4 Å². The molecule has 0 bridgehead atoms. The lowest BCUT2D eigenvalue weighted by Gasteiger charge is -2.22. The van der Waals surface area contributed by atoms with Gasteiger partial charge in [-0.15, -0.1) is 0 Å². The summed E-state index contributed by atoms with van der Waals surface area (Å²) in [4.78, 5) is 0. The molecule has 3 aromatic carbocycles. The Hall–Kier alpha value is -2.54. The van der Waals surface area contributed by atoms with Crippen molar-refractivity contribution in [1.82, 2.24) is 0 Å². The third kappa shape index (κ3) is 4.42. The zero-order chi connectivity index (χ0) is 19.4. The number of aromatic hydroxyl groups is 1. The molecule has 3 rings (SSSR count). The molecule has 0 saturated heterocycles. The zero-order valence-corrected chi connectivity index (χ0v) is 16.8. The molecule has 0 aliphatic heterocycles. The van der Waals surface area contributed by atoms with E-state index >= 15 is 0 Å². The van der Waals surface area contributed by atoms with Gasteiger partial charge in [0, 0.05) is 23.0 Å². The van der Waals surface area contributed by atoms with Crippen LogP contribution in [-0.2, 0) is 6.42 Å². The predicted molar refractivity (Wildman–Crippen MR) is 115 cm³/mol. The summed E-state index contributed by atoms with van der Waals surface area (Å²) >= 11 is 0. The molecule has 1 N–H and O–H groups in total. The van der Waals surface area contributed by atoms with Gasteiger partial charge in [0.25, 0.3) is 0 Å². The van der Waals surface area contributed by atoms with Gasteiger partial charge in [-0.1, -0.05) is 100 Å². The molecule has 0 aromatic heterocycles. The fourth-order valence-corrected chi connectivity index (χ4v) is 3.84. The summed E-state index contributed by atoms with van der Waals surface area (Å²) in [7, 11) is 0. The Bertz CT molecular complexity index is 799. The first-order chi connectivity index (χ1) is 13.0. The van der Waals surface area contributed by atoms with Crippen LogP contribution in [0.25, 0.3) is 0 Å². The molecule has 1 heteroatoms. The second-order valence-electron chi connectivity index (χ2n) is 7.99. The Kier molecular flexibility index (Phi) is 6.01. The van der Waals surface area contributed by atoms with Crippen LogP contribution >= 0.6 is 0 Å². The molecule has 0 amide bonds. The zero-order valence-electron chi connectivity index (χ0n) is 16.8. The summed E-state index contributed by atoms with van der Waals surface area (Å²) in [5.74, 6) is 1.32. The van der Waals surface area contributed by atoms with Gasteiger partial charge in [-0.3, -0.25) is 0 Å². The molecular formula is C26H30O. The SMILES string of the molecule is CC(C)Cc1cc(C(C)c2ccccc2)c(O)c(C(C)c2ccccc2)c1. The van der Waals surface area contributed by atoms with E-state index in [4.69, 9.17) is 0 Å². The van der Waals surface area contributed by atoms with Crippen molar-refractivity contribution in [3.8, 4) is 5.75 Å². The second-order valence-corrected chi connectivity index (χ2v) is 7.99. The van der Waals surface area contributed by atoms with Crippen LogP contribution in [0.15, 0.2) is 72.8 Å². The van der Waals surface area contributed by atoms with Gasteiger partial charge < -0.3 is 5.11 Å². The van der Waals surface area contributed by atoms with Crippen molar-refractivity contribution in [2.24, 2.45) is 5.92 Å². The van der Waals surface area contributed by atoms with Crippen molar-refractivity contribution in [2.75, 3.05) is 0 Å². The monoisotopic (exact) mass is 358 g/mol. The summed E-state index contributed by atoms with van der Waals surface area (Å²) in [6.45, 7) is 8.85. The Morgan fingerprint density at radius 2 is 1.07 bits per heavy atom. The maximum Gasteiger partial charge on any atom is 0.123 e. The average molecular weight is 359 g/mol. The van der Waals surface area contributed by atoms with Gasteiger partial charge in [-0.2, -0.15) is 0 Å². The number of phenolic OH excluding ortho intramolecular Hbond substituents is 1. The van der Waals surface area contributed by atoms with E-state index in [0.29, 0.717) is 11.7 Å². The molecule has 3 aromatic rings. The third-order valence-electron chi connectivity index (χ3n) is 5.40. The predicted octanol–water partition coefficient (Wildman–Crippen LogP) is 6.89. The van der Waals surface area contributed by atoms with Crippen molar-refractivity contribution in [1.29, 1.82) is 0 Å². The fourth-order valence-electron chi connectivity index (χ4n) is 3.84. The lowest BCUT2D eigenvalue weighted by atomic mass is 9.83. The van der Waals surface area contributed by atoms with Crippen molar-refractivity contribution < 1.29 is 5.11 Å². The summed E-state index contributed by atoms with van der Waals surface area (Å²) in [6, 6.07) is 25.3. The van der Waals surface area contributed by atoms with E-state index in [1.165, 1.54) is 16.7 Å². The fraction of sp³-hybridized carbons (Fsp3) is 0.308. The molecule has 27 heavy (non-hydrogen) atoms. The largest absolute Gasteiger partial charge is 0.507 e. The maximum absolute atomic E-state index is 11.2. The summed E-state index contributed by atoms with van der Waals surface area (Å²) < 4.78 is 0. The van der Waals surface area contributed by atoms with Gasteiger partial charge in [0.15, 0.2) is 0 Å². The lowest BCUT2D eigenvalue weighted by molar-refractivity contribution is 0.456. The maximum atomic E-state index is 11.2. The van der Waals surface area contributed by atoms with E-state index in [0.717, 1.165) is 17.5 Å². The molecule has 0 saturated carbocycles. The topological polar surface area (TPSA) is 20.2 Å². The van der Waals surface area contributed by atoms with Crippen LogP contribution in [0.3, 0.4) is 0 Å². The van der Waals surface area contributed by atoms with E-state index in [9.17, 15) is 5.11 Å². The summed E-state index contributed by atoms with van der Waals surface area (Å²) in [6.07, 6.45) is 1.02. The van der Waals surface area contributed by atoms with Crippen LogP contribution in [0.4, 0.5) is 0 Å². The van der Waals surface area contributed by atoms with Crippen LogP contribution < -0.4 is 0 Å². The summed E-state index contributed by atoms with van der Waals surface area (Å²) in [5, 5.41) is 11.2. The summed E-state index contributed by atoms with van der Waals surface area (Å²) in [5.41, 5.74) is 5.81. The van der Waals surface area contributed by atoms with Crippen LogP contribution in [0.5, 0.6) is 5.75 Å². The highest BCUT2D eigenvalue weighted by molar-refractivity contribution is 5.52. The van der Waals surface area contributed by atoms with Gasteiger partial charge >= 0.3 is 0 Å². The normalized spacial score (nSPS) is 13.5. The Labute approximate surface area is 163 Å². The minimum absolute atomic E-state index is 0.153. The average Bonchev–Trinajstić information content (AvgIpc) is 2.69. The smallest absolute Gasteiger partial charge is 0.123 e. The Balaban J connectivity index is 2.10. The first-order valence-corrected chi connectivity index (χ1v) is 9.93. The third-order valence-corrected chi connectivity index (χ3v) is 5.40. The number of rotatable bonds is 6. The van der Waals surface area contributed by atoms with Crippen LogP contribution in [0.1, 0.15) is 67.3 Å². The second kappa shape index (κ2) is 8.43. The molecule has 140 valence electrons. The molecule has 2 atom stereocenters. The first-order valence-electron chi connectivity index (χ1n) is 9.93. The van der Waals surface area contributed by atoms with Gasteiger partial charge in [-0.25, -0.2) is 0 Å². The number of benzene rings is 3. The highest BCUT2D eigenvalue weighted by Gasteiger charge is 2.21. The molecule has 1 nitrogen and oxygen atoms in total. The standard InChI is InChI=1S/C26H30O/c1-18(2)15-21-16-24(19(3)22-11-7-5-8-12-22)26(27)25(17-21)20(4)23-13-9-6-10-14-23/h5-14,16-20,27H,15H2,1-4H3. The highest BCUT2D eigenvalue weighted by Crippen LogP contribution is 2.40. The first kappa shape index (κ1) is 19.2. The van der Waals surface area contributed by atoms with E-state index in [1.54, 1.807) is 0 Å². The van der Waals surface area contributed by atoms with Gasteiger partial charge in [-0.05, 0) is 29.0 Å². The molecular weight excluding hydrogens is 328 g/mol.